The molecular weight excluding hydrogens is 140 g/mol. The molecule has 0 aromatic heterocycles. The van der Waals surface area contributed by atoms with Crippen molar-refractivity contribution in [2.75, 3.05) is 13.2 Å². The molecule has 1 heterocycles. The van der Waals surface area contributed by atoms with Gasteiger partial charge in [0.15, 0.2) is 6.29 Å². The molecule has 0 radical (unpaired) electrons. The second kappa shape index (κ2) is 2.44. The molecule has 0 bridgehead atoms. The maximum atomic E-state index is 9.15. The van der Waals surface area contributed by atoms with Crippen LogP contribution in [0.1, 0.15) is 0 Å². The van der Waals surface area contributed by atoms with Gasteiger partial charge < -0.3 is 25.2 Å². The van der Waals surface area contributed by atoms with E-state index in [0.29, 0.717) is 0 Å². The standard InChI is InChI=1S/C5H10O5/c6-1-5(9)2-10-4(8)3(5)7/h3-4,6-9H,1-2H2/t3-,4-,5+/m1/s1. The van der Waals surface area contributed by atoms with Crippen LogP contribution in [0.4, 0.5) is 0 Å². The lowest BCUT2D eigenvalue weighted by Crippen LogP contribution is -2.46. The summed E-state index contributed by atoms with van der Waals surface area (Å²) in [5, 5.41) is 35.3. The van der Waals surface area contributed by atoms with E-state index in [1.165, 1.54) is 0 Å². The number of hydrogen-bond acceptors (Lipinski definition) is 5. The van der Waals surface area contributed by atoms with Crippen molar-refractivity contribution in [1.82, 2.24) is 0 Å². The van der Waals surface area contributed by atoms with Gasteiger partial charge in [-0.3, -0.25) is 0 Å². The van der Waals surface area contributed by atoms with Crippen LogP contribution in [0.15, 0.2) is 0 Å². The minimum Gasteiger partial charge on any atom is -0.393 e. The summed E-state index contributed by atoms with van der Waals surface area (Å²) in [6.45, 7) is -0.864. The van der Waals surface area contributed by atoms with Crippen molar-refractivity contribution in [3.63, 3.8) is 0 Å². The zero-order valence-corrected chi connectivity index (χ0v) is 5.27. The highest BCUT2D eigenvalue weighted by atomic mass is 16.6. The van der Waals surface area contributed by atoms with Gasteiger partial charge in [-0.15, -0.1) is 0 Å². The Hall–Kier alpha value is -0.200. The lowest BCUT2D eigenvalue weighted by atomic mass is 10.0. The molecular formula is C5H10O5. The van der Waals surface area contributed by atoms with Gasteiger partial charge in [-0.05, 0) is 0 Å². The topological polar surface area (TPSA) is 90.2 Å². The van der Waals surface area contributed by atoms with Crippen LogP contribution in [0, 0.1) is 0 Å². The highest BCUT2D eigenvalue weighted by molar-refractivity contribution is 4.92. The molecule has 0 amide bonds. The summed E-state index contributed by atoms with van der Waals surface area (Å²) in [5.41, 5.74) is -1.70. The van der Waals surface area contributed by atoms with Gasteiger partial charge in [-0.1, -0.05) is 0 Å². The van der Waals surface area contributed by atoms with E-state index in [4.69, 9.17) is 20.4 Å². The summed E-state index contributed by atoms with van der Waals surface area (Å²) in [7, 11) is 0. The molecule has 0 aliphatic carbocycles. The molecule has 1 rings (SSSR count). The van der Waals surface area contributed by atoms with E-state index in [-0.39, 0.29) is 6.61 Å². The maximum absolute atomic E-state index is 9.15. The number of rotatable bonds is 1. The van der Waals surface area contributed by atoms with Gasteiger partial charge in [-0.25, -0.2) is 0 Å². The molecule has 1 fully saturated rings. The van der Waals surface area contributed by atoms with Gasteiger partial charge in [-0.2, -0.15) is 0 Å². The number of aliphatic hydroxyl groups excluding tert-OH is 3. The zero-order valence-electron chi connectivity index (χ0n) is 5.27. The fraction of sp³-hybridized carbons (Fsp3) is 1.00. The highest BCUT2D eigenvalue weighted by Gasteiger charge is 2.46. The average Bonchev–Trinajstić information content (AvgIpc) is 2.19. The third-order valence-electron chi connectivity index (χ3n) is 1.60. The van der Waals surface area contributed by atoms with Crippen LogP contribution in [0.5, 0.6) is 0 Å². The first kappa shape index (κ1) is 7.90. The summed E-state index contributed by atoms with van der Waals surface area (Å²) in [6.07, 6.45) is -2.81. The number of ether oxygens (including phenoxy) is 1. The maximum Gasteiger partial charge on any atom is 0.184 e. The molecule has 60 valence electrons. The second-order valence-electron chi connectivity index (χ2n) is 2.41. The Morgan fingerprint density at radius 3 is 2.30 bits per heavy atom. The molecule has 1 aliphatic heterocycles. The molecule has 0 unspecified atom stereocenters. The third-order valence-corrected chi connectivity index (χ3v) is 1.60. The third kappa shape index (κ3) is 1.02. The van der Waals surface area contributed by atoms with Crippen LogP contribution in [0.3, 0.4) is 0 Å². The molecule has 4 N–H and O–H groups in total. The Morgan fingerprint density at radius 1 is 1.50 bits per heavy atom. The molecule has 5 heteroatoms. The van der Waals surface area contributed by atoms with Crippen molar-refractivity contribution in [2.45, 2.75) is 18.0 Å². The zero-order chi connectivity index (χ0) is 7.78. The highest BCUT2D eigenvalue weighted by Crippen LogP contribution is 2.22. The van der Waals surface area contributed by atoms with Gasteiger partial charge in [0.05, 0.1) is 13.2 Å². The van der Waals surface area contributed by atoms with Crippen LogP contribution in [0.2, 0.25) is 0 Å². The van der Waals surface area contributed by atoms with E-state index in [2.05, 4.69) is 4.74 Å². The van der Waals surface area contributed by atoms with Crippen molar-refractivity contribution < 1.29 is 25.2 Å². The Morgan fingerprint density at radius 2 is 2.10 bits per heavy atom. The smallest absolute Gasteiger partial charge is 0.184 e. The second-order valence-corrected chi connectivity index (χ2v) is 2.41. The van der Waals surface area contributed by atoms with Crippen molar-refractivity contribution in [1.29, 1.82) is 0 Å². The van der Waals surface area contributed by atoms with Gasteiger partial charge in [0.2, 0.25) is 0 Å². The van der Waals surface area contributed by atoms with E-state index < -0.39 is 24.6 Å². The summed E-state index contributed by atoms with van der Waals surface area (Å²) in [4.78, 5) is 0. The van der Waals surface area contributed by atoms with Crippen LogP contribution < -0.4 is 0 Å². The fourth-order valence-corrected chi connectivity index (χ4v) is 0.811. The Bertz CT molecular complexity index is 127. The van der Waals surface area contributed by atoms with E-state index in [1.807, 2.05) is 0 Å². The Labute approximate surface area is 57.5 Å². The van der Waals surface area contributed by atoms with Gasteiger partial charge in [0, 0.05) is 0 Å². The first-order chi connectivity index (χ1) is 4.60. The predicted octanol–water partition coefficient (Wildman–Crippen LogP) is -2.58. The average molecular weight is 150 g/mol. The fourth-order valence-electron chi connectivity index (χ4n) is 0.811. The molecule has 10 heavy (non-hydrogen) atoms. The quantitative estimate of drug-likeness (QED) is 0.329. The van der Waals surface area contributed by atoms with Crippen LogP contribution in [-0.4, -0.2) is 51.6 Å². The first-order valence-corrected chi connectivity index (χ1v) is 2.91. The normalized spacial score (nSPS) is 48.0. The van der Waals surface area contributed by atoms with Crippen LogP contribution in [-0.2, 0) is 4.74 Å². The van der Waals surface area contributed by atoms with E-state index in [0.717, 1.165) is 0 Å². The van der Waals surface area contributed by atoms with Crippen molar-refractivity contribution in [3.8, 4) is 0 Å². The molecule has 3 atom stereocenters. The molecule has 0 saturated carbocycles. The molecule has 1 aliphatic rings. The number of hydrogen-bond donors (Lipinski definition) is 4. The lowest BCUT2D eigenvalue weighted by Gasteiger charge is -2.21. The largest absolute Gasteiger partial charge is 0.393 e. The van der Waals surface area contributed by atoms with Gasteiger partial charge in [0.25, 0.3) is 0 Å². The van der Waals surface area contributed by atoms with Crippen LogP contribution in [0.25, 0.3) is 0 Å². The molecule has 0 spiro atoms. The Kier molecular flexibility index (Phi) is 1.93. The van der Waals surface area contributed by atoms with Crippen LogP contribution >= 0.6 is 0 Å². The minimum absolute atomic E-state index is 0.244. The SMILES string of the molecule is OC[C@]1(O)CO[C@@H](O)[C@H]1O. The van der Waals surface area contributed by atoms with Gasteiger partial charge in [0.1, 0.15) is 11.7 Å². The molecule has 5 nitrogen and oxygen atoms in total. The molecule has 0 aromatic carbocycles. The van der Waals surface area contributed by atoms with Crippen molar-refractivity contribution in [3.05, 3.63) is 0 Å². The predicted molar refractivity (Wildman–Crippen MR) is 30.0 cm³/mol. The van der Waals surface area contributed by atoms with Crippen molar-refractivity contribution in [2.24, 2.45) is 0 Å². The monoisotopic (exact) mass is 150 g/mol. The first-order valence-electron chi connectivity index (χ1n) is 2.91. The van der Waals surface area contributed by atoms with Gasteiger partial charge >= 0.3 is 0 Å². The summed E-state index contributed by atoms with van der Waals surface area (Å²) >= 11 is 0. The van der Waals surface area contributed by atoms with E-state index in [9.17, 15) is 0 Å². The van der Waals surface area contributed by atoms with E-state index >= 15 is 0 Å². The number of aliphatic hydroxyl groups is 4. The summed E-state index contributed by atoms with van der Waals surface area (Å²) < 4.78 is 4.47. The summed E-state index contributed by atoms with van der Waals surface area (Å²) in [5.74, 6) is 0. The lowest BCUT2D eigenvalue weighted by molar-refractivity contribution is -0.128. The minimum atomic E-state index is -1.70. The molecule has 1 saturated heterocycles. The Balaban J connectivity index is 2.64. The van der Waals surface area contributed by atoms with E-state index in [1.54, 1.807) is 0 Å². The molecule has 0 aromatic rings. The summed E-state index contributed by atoms with van der Waals surface area (Å²) in [6, 6.07) is 0. The van der Waals surface area contributed by atoms with Crippen molar-refractivity contribution >= 4 is 0 Å².